The zero-order chi connectivity index (χ0) is 10.1. The third kappa shape index (κ3) is 1.72. The Bertz CT molecular complexity index is 395. The molecule has 2 rings (SSSR count). The number of halogens is 3. The predicted molar refractivity (Wildman–Crippen MR) is 54.9 cm³/mol. The molecule has 0 spiro atoms. The van der Waals surface area contributed by atoms with E-state index in [1.807, 2.05) is 0 Å². The van der Waals surface area contributed by atoms with E-state index in [0.29, 0.717) is 5.56 Å². The number of nitrogens with one attached hydrogen (secondary N) is 1. The van der Waals surface area contributed by atoms with Crippen molar-refractivity contribution in [3.63, 3.8) is 0 Å². The Morgan fingerprint density at radius 3 is 2.50 bits per heavy atom. The van der Waals surface area contributed by atoms with E-state index in [1.54, 1.807) is 12.1 Å². The summed E-state index contributed by atoms with van der Waals surface area (Å²) in [5, 5.41) is 3.03. The van der Waals surface area contributed by atoms with Crippen LogP contribution in [-0.2, 0) is 0 Å². The molecule has 1 N–H and O–H groups in total. The first-order valence-corrected chi connectivity index (χ1v) is 5.01. The zero-order valence-corrected chi connectivity index (χ0v) is 8.87. The molecule has 1 aromatic carbocycles. The van der Waals surface area contributed by atoms with Gasteiger partial charge in [0.25, 0.3) is 0 Å². The van der Waals surface area contributed by atoms with Crippen LogP contribution < -0.4 is 5.32 Å². The first-order valence-electron chi connectivity index (χ1n) is 4.22. The molecule has 74 valence electrons. The van der Waals surface area contributed by atoms with E-state index in [1.165, 1.54) is 6.07 Å². The Balaban J connectivity index is 2.39. The highest BCUT2D eigenvalue weighted by Crippen LogP contribution is 2.23. The Kier molecular flexibility index (Phi) is 2.65. The summed E-state index contributed by atoms with van der Waals surface area (Å²) >= 11 is 2.93. The molecule has 0 saturated carbocycles. The average molecular weight is 260 g/mol. The second kappa shape index (κ2) is 3.79. The smallest absolute Gasteiger partial charge is 0.173 e. The van der Waals surface area contributed by atoms with Crippen LogP contribution in [0.25, 0.3) is 6.08 Å². The third-order valence-corrected chi connectivity index (χ3v) is 2.74. The Hall–Kier alpha value is -0.740. The lowest BCUT2D eigenvalue weighted by atomic mass is 10.1. The lowest BCUT2D eigenvalue weighted by Crippen LogP contribution is -2.33. The molecule has 1 saturated heterocycles. The van der Waals surface area contributed by atoms with Gasteiger partial charge in [-0.1, -0.05) is 12.1 Å². The van der Waals surface area contributed by atoms with Crippen molar-refractivity contribution in [1.82, 2.24) is 5.32 Å². The molecular weight excluding hydrogens is 252 g/mol. The summed E-state index contributed by atoms with van der Waals surface area (Å²) in [6.07, 6.45) is 1.68. The fourth-order valence-electron chi connectivity index (χ4n) is 1.24. The van der Waals surface area contributed by atoms with Crippen LogP contribution in [0.2, 0.25) is 0 Å². The van der Waals surface area contributed by atoms with Crippen LogP contribution in [0.4, 0.5) is 8.78 Å². The monoisotopic (exact) mass is 259 g/mol. The molecule has 0 atom stereocenters. The van der Waals surface area contributed by atoms with Gasteiger partial charge in [0.2, 0.25) is 0 Å². The van der Waals surface area contributed by atoms with Crippen molar-refractivity contribution in [2.75, 3.05) is 13.1 Å². The van der Waals surface area contributed by atoms with E-state index in [2.05, 4.69) is 21.2 Å². The second-order valence-electron chi connectivity index (χ2n) is 3.17. The van der Waals surface area contributed by atoms with Crippen LogP contribution in [-0.4, -0.2) is 13.1 Å². The Labute approximate surface area is 88.9 Å². The van der Waals surface area contributed by atoms with Crippen LogP contribution in [0.15, 0.2) is 22.2 Å². The van der Waals surface area contributed by atoms with Crippen LogP contribution >= 0.6 is 15.9 Å². The summed E-state index contributed by atoms with van der Waals surface area (Å²) in [7, 11) is 0. The van der Waals surface area contributed by atoms with E-state index in [0.717, 1.165) is 18.7 Å². The second-order valence-corrected chi connectivity index (χ2v) is 4.03. The lowest BCUT2D eigenvalue weighted by Gasteiger charge is -2.18. The fraction of sp³-hybridized carbons (Fsp3) is 0.200. The standard InChI is InChI=1S/C10H8BrF2N/c11-8-2-1-7(9(12)10(8)13)3-6-4-14-5-6/h1-3,14H,4-5H2. The zero-order valence-electron chi connectivity index (χ0n) is 7.28. The van der Waals surface area contributed by atoms with Gasteiger partial charge in [0.15, 0.2) is 11.6 Å². The van der Waals surface area contributed by atoms with E-state index in [-0.39, 0.29) is 4.47 Å². The molecule has 1 nitrogen and oxygen atoms in total. The van der Waals surface area contributed by atoms with Crippen LogP contribution in [0.5, 0.6) is 0 Å². The molecule has 0 radical (unpaired) electrons. The predicted octanol–water partition coefficient (Wildman–Crippen LogP) is 2.71. The molecule has 1 heterocycles. The Morgan fingerprint density at radius 2 is 1.93 bits per heavy atom. The highest BCUT2D eigenvalue weighted by molar-refractivity contribution is 9.10. The van der Waals surface area contributed by atoms with Crippen molar-refractivity contribution in [1.29, 1.82) is 0 Å². The maximum Gasteiger partial charge on any atom is 0.173 e. The van der Waals surface area contributed by atoms with Crippen molar-refractivity contribution in [2.24, 2.45) is 0 Å². The first-order chi connectivity index (χ1) is 6.68. The number of rotatable bonds is 1. The van der Waals surface area contributed by atoms with Crippen molar-refractivity contribution in [2.45, 2.75) is 0 Å². The molecule has 0 unspecified atom stereocenters. The van der Waals surface area contributed by atoms with Crippen LogP contribution in [0.3, 0.4) is 0 Å². The molecule has 14 heavy (non-hydrogen) atoms. The Morgan fingerprint density at radius 1 is 1.21 bits per heavy atom. The fourth-order valence-corrected chi connectivity index (χ4v) is 1.55. The van der Waals surface area contributed by atoms with Gasteiger partial charge in [-0.15, -0.1) is 0 Å². The van der Waals surface area contributed by atoms with Crippen LogP contribution in [0.1, 0.15) is 5.56 Å². The molecule has 0 aromatic heterocycles. The minimum absolute atomic E-state index is 0.156. The number of hydrogen-bond acceptors (Lipinski definition) is 1. The maximum atomic E-state index is 13.3. The van der Waals surface area contributed by atoms with Gasteiger partial charge in [-0.05, 0) is 27.6 Å². The minimum Gasteiger partial charge on any atom is -0.309 e. The molecule has 0 amide bonds. The normalized spacial score (nSPS) is 15.2. The van der Waals surface area contributed by atoms with Gasteiger partial charge in [0.05, 0.1) is 4.47 Å². The van der Waals surface area contributed by atoms with Gasteiger partial charge >= 0.3 is 0 Å². The summed E-state index contributed by atoms with van der Waals surface area (Å²) in [5.41, 5.74) is 1.40. The summed E-state index contributed by atoms with van der Waals surface area (Å²) in [4.78, 5) is 0. The highest BCUT2D eigenvalue weighted by Gasteiger charge is 2.12. The maximum absolute atomic E-state index is 13.3. The van der Waals surface area contributed by atoms with E-state index >= 15 is 0 Å². The van der Waals surface area contributed by atoms with Gasteiger partial charge in [0.1, 0.15) is 0 Å². The molecular formula is C10H8BrF2N. The molecule has 0 aliphatic carbocycles. The van der Waals surface area contributed by atoms with Crippen molar-refractivity contribution >= 4 is 22.0 Å². The minimum atomic E-state index is -0.827. The molecule has 4 heteroatoms. The van der Waals surface area contributed by atoms with Gasteiger partial charge in [0, 0.05) is 18.7 Å². The summed E-state index contributed by atoms with van der Waals surface area (Å²) in [6.45, 7) is 1.52. The first kappa shape index (κ1) is 9.80. The van der Waals surface area contributed by atoms with E-state index < -0.39 is 11.6 Å². The molecule has 1 aliphatic heterocycles. The lowest BCUT2D eigenvalue weighted by molar-refractivity contribution is 0.502. The van der Waals surface area contributed by atoms with Crippen molar-refractivity contribution in [3.05, 3.63) is 39.4 Å². The third-order valence-electron chi connectivity index (χ3n) is 2.13. The molecule has 0 bridgehead atoms. The average Bonchev–Trinajstić information content (AvgIpc) is 2.10. The number of hydrogen-bond donors (Lipinski definition) is 1. The summed E-state index contributed by atoms with van der Waals surface area (Å²) in [6, 6.07) is 3.07. The topological polar surface area (TPSA) is 12.0 Å². The number of benzene rings is 1. The highest BCUT2D eigenvalue weighted by atomic mass is 79.9. The summed E-state index contributed by atoms with van der Waals surface area (Å²) < 4.78 is 26.6. The largest absolute Gasteiger partial charge is 0.309 e. The summed E-state index contributed by atoms with van der Waals surface area (Å²) in [5.74, 6) is -1.62. The molecule has 1 fully saturated rings. The van der Waals surface area contributed by atoms with Gasteiger partial charge in [-0.2, -0.15) is 0 Å². The quantitative estimate of drug-likeness (QED) is 0.765. The van der Waals surface area contributed by atoms with Gasteiger partial charge < -0.3 is 5.32 Å². The molecule has 1 aromatic rings. The van der Waals surface area contributed by atoms with Crippen LogP contribution in [0, 0.1) is 11.6 Å². The van der Waals surface area contributed by atoms with Crippen molar-refractivity contribution in [3.8, 4) is 0 Å². The SMILES string of the molecule is Fc1c(Br)ccc(C=C2CNC2)c1F. The van der Waals surface area contributed by atoms with Crippen molar-refractivity contribution < 1.29 is 8.78 Å². The van der Waals surface area contributed by atoms with Gasteiger partial charge in [-0.25, -0.2) is 8.78 Å². The molecule has 1 aliphatic rings. The van der Waals surface area contributed by atoms with Gasteiger partial charge in [-0.3, -0.25) is 0 Å². The van der Waals surface area contributed by atoms with E-state index in [4.69, 9.17) is 0 Å². The van der Waals surface area contributed by atoms with E-state index in [9.17, 15) is 8.78 Å².